The second-order valence-corrected chi connectivity index (χ2v) is 3.29. The number of aliphatic hydroxyl groups is 1. The lowest BCUT2D eigenvalue weighted by Crippen LogP contribution is -1.99. The lowest BCUT2D eigenvalue weighted by atomic mass is 10.2. The molecule has 0 spiro atoms. The highest BCUT2D eigenvalue weighted by Crippen LogP contribution is 2.24. The minimum Gasteiger partial charge on any atom is -0.387 e. The molecule has 0 saturated carbocycles. The number of pyridine rings is 1. The SMILES string of the molecule is CCC(O)c1ncc(Cl)cc1Cl. The number of aliphatic hydroxyl groups excluding tert-OH is 1. The van der Waals surface area contributed by atoms with Crippen LogP contribution in [0.2, 0.25) is 10.0 Å². The first kappa shape index (κ1) is 9.78. The van der Waals surface area contributed by atoms with Gasteiger partial charge in [-0.25, -0.2) is 0 Å². The maximum absolute atomic E-state index is 9.41. The number of rotatable bonds is 2. The average Bonchev–Trinajstić information content (AvgIpc) is 2.03. The summed E-state index contributed by atoms with van der Waals surface area (Å²) in [4.78, 5) is 3.93. The summed E-state index contributed by atoms with van der Waals surface area (Å²) >= 11 is 11.4. The highest BCUT2D eigenvalue weighted by molar-refractivity contribution is 6.34. The van der Waals surface area contributed by atoms with Crippen molar-refractivity contribution >= 4 is 23.2 Å². The topological polar surface area (TPSA) is 33.1 Å². The quantitative estimate of drug-likeness (QED) is 0.806. The van der Waals surface area contributed by atoms with Gasteiger partial charge >= 0.3 is 0 Å². The lowest BCUT2D eigenvalue weighted by Gasteiger charge is -2.08. The van der Waals surface area contributed by atoms with Gasteiger partial charge in [0.2, 0.25) is 0 Å². The maximum Gasteiger partial charge on any atom is 0.0972 e. The minimum absolute atomic E-state index is 0.414. The van der Waals surface area contributed by atoms with E-state index in [9.17, 15) is 5.11 Å². The van der Waals surface area contributed by atoms with Crippen molar-refractivity contribution in [1.29, 1.82) is 0 Å². The van der Waals surface area contributed by atoms with Crippen molar-refractivity contribution in [2.24, 2.45) is 0 Å². The Morgan fingerprint density at radius 2 is 2.25 bits per heavy atom. The zero-order valence-electron chi connectivity index (χ0n) is 6.59. The Bertz CT molecular complexity index is 278. The molecule has 0 saturated heterocycles. The Kier molecular flexibility index (Phi) is 3.32. The first-order valence-corrected chi connectivity index (χ1v) is 4.39. The van der Waals surface area contributed by atoms with Gasteiger partial charge in [0.25, 0.3) is 0 Å². The fraction of sp³-hybridized carbons (Fsp3) is 0.375. The van der Waals surface area contributed by atoms with Crippen molar-refractivity contribution < 1.29 is 5.11 Å². The molecule has 0 aromatic carbocycles. The van der Waals surface area contributed by atoms with Gasteiger partial charge in [-0.3, -0.25) is 4.98 Å². The molecule has 2 nitrogen and oxygen atoms in total. The van der Waals surface area contributed by atoms with Gasteiger partial charge in [0.1, 0.15) is 0 Å². The summed E-state index contributed by atoms with van der Waals surface area (Å²) < 4.78 is 0. The molecule has 1 rings (SSSR count). The lowest BCUT2D eigenvalue weighted by molar-refractivity contribution is 0.169. The van der Waals surface area contributed by atoms with E-state index in [4.69, 9.17) is 23.2 Å². The Morgan fingerprint density at radius 3 is 2.75 bits per heavy atom. The minimum atomic E-state index is -0.602. The summed E-state index contributed by atoms with van der Waals surface area (Å²) in [5, 5.41) is 10.3. The summed E-state index contributed by atoms with van der Waals surface area (Å²) in [6, 6.07) is 1.57. The van der Waals surface area contributed by atoms with Crippen LogP contribution in [0.15, 0.2) is 12.3 Å². The molecule has 0 radical (unpaired) electrons. The molecule has 0 amide bonds. The number of hydrogen-bond acceptors (Lipinski definition) is 2. The fourth-order valence-electron chi connectivity index (χ4n) is 0.864. The molecule has 66 valence electrons. The van der Waals surface area contributed by atoms with Gasteiger partial charge in [-0.1, -0.05) is 30.1 Å². The average molecular weight is 206 g/mol. The summed E-state index contributed by atoms with van der Waals surface area (Å²) in [6.45, 7) is 1.86. The van der Waals surface area contributed by atoms with Crippen molar-refractivity contribution in [3.63, 3.8) is 0 Å². The van der Waals surface area contributed by atoms with Gasteiger partial charge in [-0.2, -0.15) is 0 Å². The van der Waals surface area contributed by atoms with Crippen molar-refractivity contribution in [3.8, 4) is 0 Å². The van der Waals surface area contributed by atoms with E-state index >= 15 is 0 Å². The molecule has 0 bridgehead atoms. The van der Waals surface area contributed by atoms with Crippen LogP contribution in [0.25, 0.3) is 0 Å². The first-order chi connectivity index (χ1) is 5.65. The Morgan fingerprint density at radius 1 is 1.58 bits per heavy atom. The monoisotopic (exact) mass is 205 g/mol. The summed E-state index contributed by atoms with van der Waals surface area (Å²) in [7, 11) is 0. The fourth-order valence-corrected chi connectivity index (χ4v) is 1.37. The van der Waals surface area contributed by atoms with Crippen LogP contribution in [0.1, 0.15) is 25.1 Å². The largest absolute Gasteiger partial charge is 0.387 e. The molecule has 0 aliphatic carbocycles. The molecule has 1 aromatic heterocycles. The van der Waals surface area contributed by atoms with Crippen LogP contribution in [0.5, 0.6) is 0 Å². The molecule has 0 fully saturated rings. The van der Waals surface area contributed by atoms with Crippen molar-refractivity contribution in [1.82, 2.24) is 4.98 Å². The van der Waals surface area contributed by atoms with Gasteiger partial charge in [0.05, 0.1) is 21.8 Å². The van der Waals surface area contributed by atoms with Gasteiger partial charge in [-0.05, 0) is 12.5 Å². The number of halogens is 2. The zero-order chi connectivity index (χ0) is 9.14. The van der Waals surface area contributed by atoms with E-state index in [1.807, 2.05) is 6.92 Å². The van der Waals surface area contributed by atoms with Crippen molar-refractivity contribution in [3.05, 3.63) is 28.0 Å². The van der Waals surface area contributed by atoms with Crippen molar-refractivity contribution in [2.75, 3.05) is 0 Å². The molecular weight excluding hydrogens is 197 g/mol. The second-order valence-electron chi connectivity index (χ2n) is 2.44. The van der Waals surface area contributed by atoms with E-state index in [-0.39, 0.29) is 0 Å². The molecule has 1 unspecified atom stereocenters. The summed E-state index contributed by atoms with van der Waals surface area (Å²) in [6.07, 6.45) is 1.46. The molecule has 0 aliphatic heterocycles. The smallest absolute Gasteiger partial charge is 0.0972 e. The molecule has 0 aliphatic rings. The number of nitrogens with zero attached hydrogens (tertiary/aromatic N) is 1. The maximum atomic E-state index is 9.41. The van der Waals surface area contributed by atoms with Crippen LogP contribution in [0.4, 0.5) is 0 Å². The Labute approximate surface area is 81.1 Å². The highest BCUT2D eigenvalue weighted by atomic mass is 35.5. The predicted molar refractivity (Wildman–Crippen MR) is 49.5 cm³/mol. The Hall–Kier alpha value is -0.310. The molecule has 4 heteroatoms. The van der Waals surface area contributed by atoms with Gasteiger partial charge in [-0.15, -0.1) is 0 Å². The van der Waals surface area contributed by atoms with Crippen LogP contribution in [-0.4, -0.2) is 10.1 Å². The van der Waals surface area contributed by atoms with E-state index in [1.165, 1.54) is 6.20 Å². The number of aromatic nitrogens is 1. The van der Waals surface area contributed by atoms with E-state index in [1.54, 1.807) is 6.07 Å². The standard InChI is InChI=1S/C8H9Cl2NO/c1-2-7(12)8-6(10)3-5(9)4-11-8/h3-4,7,12H,2H2,1H3. The summed E-state index contributed by atoms with van der Waals surface area (Å²) in [5.41, 5.74) is 0.489. The van der Waals surface area contributed by atoms with Crippen molar-refractivity contribution in [2.45, 2.75) is 19.4 Å². The molecular formula is C8H9Cl2NO. The molecule has 1 N–H and O–H groups in total. The van der Waals surface area contributed by atoms with E-state index in [0.29, 0.717) is 22.2 Å². The molecule has 1 heterocycles. The van der Waals surface area contributed by atoms with Gasteiger partial charge in [0.15, 0.2) is 0 Å². The van der Waals surface area contributed by atoms with Crippen LogP contribution in [0.3, 0.4) is 0 Å². The van der Waals surface area contributed by atoms with Crippen LogP contribution < -0.4 is 0 Å². The first-order valence-electron chi connectivity index (χ1n) is 3.64. The van der Waals surface area contributed by atoms with Crippen LogP contribution in [-0.2, 0) is 0 Å². The van der Waals surface area contributed by atoms with E-state index in [2.05, 4.69) is 4.98 Å². The molecule has 12 heavy (non-hydrogen) atoms. The van der Waals surface area contributed by atoms with Crippen LogP contribution in [0, 0.1) is 0 Å². The zero-order valence-corrected chi connectivity index (χ0v) is 8.10. The molecule has 1 atom stereocenters. The van der Waals surface area contributed by atoms with Crippen LogP contribution >= 0.6 is 23.2 Å². The van der Waals surface area contributed by atoms with E-state index < -0.39 is 6.10 Å². The molecule has 1 aromatic rings. The predicted octanol–water partition coefficient (Wildman–Crippen LogP) is 2.83. The Balaban J connectivity index is 3.01. The third kappa shape index (κ3) is 2.09. The number of hydrogen-bond donors (Lipinski definition) is 1. The second kappa shape index (κ2) is 4.08. The van der Waals surface area contributed by atoms with Gasteiger partial charge in [0, 0.05) is 6.20 Å². The normalized spacial score (nSPS) is 13.0. The van der Waals surface area contributed by atoms with E-state index in [0.717, 1.165) is 0 Å². The summed E-state index contributed by atoms with van der Waals surface area (Å²) in [5.74, 6) is 0. The highest BCUT2D eigenvalue weighted by Gasteiger charge is 2.10. The van der Waals surface area contributed by atoms with Gasteiger partial charge < -0.3 is 5.11 Å². The third-order valence-corrected chi connectivity index (χ3v) is 2.05. The third-order valence-electron chi connectivity index (χ3n) is 1.54.